The van der Waals surface area contributed by atoms with E-state index in [-0.39, 0.29) is 24.3 Å². The second kappa shape index (κ2) is 11.9. The molecule has 0 aliphatic carbocycles. The van der Waals surface area contributed by atoms with E-state index in [9.17, 15) is 9.59 Å². The SMILES string of the molecule is Cc1cc(OCCCc2sc(C(=O)NCCC(=O)O)cc2Cl)cc(C)c1-c1ccc(C(C)(C)C)cc1. The molecule has 1 aromatic heterocycles. The molecule has 0 aliphatic rings. The molecular weight excluding hydrogens is 494 g/mol. The minimum atomic E-state index is -0.949. The van der Waals surface area contributed by atoms with Gasteiger partial charge in [0.2, 0.25) is 0 Å². The lowest BCUT2D eigenvalue weighted by Crippen LogP contribution is -2.25. The first kappa shape index (κ1) is 27.8. The summed E-state index contributed by atoms with van der Waals surface area (Å²) >= 11 is 7.65. The first-order valence-electron chi connectivity index (χ1n) is 12.1. The Bertz CT molecular complexity index is 1200. The van der Waals surface area contributed by atoms with Gasteiger partial charge in [-0.2, -0.15) is 0 Å². The fourth-order valence-corrected chi connectivity index (χ4v) is 5.48. The molecule has 2 N–H and O–H groups in total. The smallest absolute Gasteiger partial charge is 0.305 e. The second-order valence-corrected chi connectivity index (χ2v) is 11.5. The van der Waals surface area contributed by atoms with Crippen molar-refractivity contribution in [3.05, 3.63) is 73.9 Å². The summed E-state index contributed by atoms with van der Waals surface area (Å²) in [6, 6.07) is 14.6. The van der Waals surface area contributed by atoms with Crippen LogP contribution in [0.3, 0.4) is 0 Å². The van der Waals surface area contributed by atoms with E-state index in [0.717, 1.165) is 17.0 Å². The van der Waals surface area contributed by atoms with Crippen molar-refractivity contribution in [2.75, 3.05) is 13.2 Å². The molecule has 3 aromatic rings. The standard InChI is InChI=1S/C29H34ClNO4S/c1-18-15-22(16-19(2)27(18)20-8-10-21(11-9-20)29(3,4)5)35-14-6-7-24-23(30)17-25(36-24)28(34)31-13-12-26(32)33/h8-11,15-17H,6-7,12-14H2,1-5H3,(H,31,34)(H,32,33). The molecule has 1 heterocycles. The van der Waals surface area contributed by atoms with E-state index in [2.05, 4.69) is 76.3 Å². The van der Waals surface area contributed by atoms with Crippen molar-refractivity contribution in [2.45, 2.75) is 59.3 Å². The molecule has 0 atom stereocenters. The highest BCUT2D eigenvalue weighted by atomic mass is 35.5. The molecule has 0 saturated heterocycles. The van der Waals surface area contributed by atoms with Crippen LogP contribution in [0.4, 0.5) is 0 Å². The fraction of sp³-hybridized carbons (Fsp3) is 0.379. The molecule has 0 saturated carbocycles. The van der Waals surface area contributed by atoms with Crippen molar-refractivity contribution >= 4 is 34.8 Å². The number of ether oxygens (including phenoxy) is 1. The van der Waals surface area contributed by atoms with Gasteiger partial charge in [-0.3, -0.25) is 9.59 Å². The van der Waals surface area contributed by atoms with Crippen LogP contribution in [-0.4, -0.2) is 30.1 Å². The van der Waals surface area contributed by atoms with Crippen molar-refractivity contribution < 1.29 is 19.4 Å². The lowest BCUT2D eigenvalue weighted by molar-refractivity contribution is -0.136. The van der Waals surface area contributed by atoms with Gasteiger partial charge in [-0.05, 0) is 78.1 Å². The van der Waals surface area contributed by atoms with Gasteiger partial charge >= 0.3 is 5.97 Å². The van der Waals surface area contributed by atoms with Gasteiger partial charge in [0.15, 0.2) is 0 Å². The summed E-state index contributed by atoms with van der Waals surface area (Å²) in [5.41, 5.74) is 6.24. The summed E-state index contributed by atoms with van der Waals surface area (Å²) in [6.45, 7) is 11.5. The van der Waals surface area contributed by atoms with Crippen LogP contribution in [0.1, 0.15) is 64.9 Å². The summed E-state index contributed by atoms with van der Waals surface area (Å²) in [6.07, 6.45) is 1.34. The Morgan fingerprint density at radius 3 is 2.28 bits per heavy atom. The Balaban J connectivity index is 1.56. The summed E-state index contributed by atoms with van der Waals surface area (Å²) in [4.78, 5) is 24.2. The van der Waals surface area contributed by atoms with Crippen molar-refractivity contribution in [2.24, 2.45) is 0 Å². The Kier molecular flexibility index (Phi) is 9.20. The minimum absolute atomic E-state index is 0.0900. The zero-order valence-electron chi connectivity index (χ0n) is 21.5. The monoisotopic (exact) mass is 527 g/mol. The second-order valence-electron chi connectivity index (χ2n) is 9.99. The van der Waals surface area contributed by atoms with Gasteiger partial charge in [-0.25, -0.2) is 0 Å². The molecule has 192 valence electrons. The van der Waals surface area contributed by atoms with Crippen molar-refractivity contribution in [3.8, 4) is 16.9 Å². The van der Waals surface area contributed by atoms with Gasteiger partial charge in [-0.1, -0.05) is 56.6 Å². The van der Waals surface area contributed by atoms with Crippen molar-refractivity contribution in [1.82, 2.24) is 5.32 Å². The number of rotatable bonds is 10. The maximum Gasteiger partial charge on any atom is 0.305 e. The number of benzene rings is 2. The van der Waals surface area contributed by atoms with Crippen LogP contribution in [0, 0.1) is 13.8 Å². The Morgan fingerprint density at radius 1 is 1.06 bits per heavy atom. The van der Waals surface area contributed by atoms with Gasteiger partial charge in [0, 0.05) is 11.4 Å². The molecule has 3 rings (SSSR count). The topological polar surface area (TPSA) is 75.6 Å². The molecule has 0 aliphatic heterocycles. The average Bonchev–Trinajstić information content (AvgIpc) is 3.16. The Labute approximate surface area is 222 Å². The molecule has 2 aromatic carbocycles. The molecule has 0 bridgehead atoms. The lowest BCUT2D eigenvalue weighted by atomic mass is 9.85. The van der Waals surface area contributed by atoms with Crippen molar-refractivity contribution in [1.29, 1.82) is 0 Å². The number of aryl methyl sites for hydroxylation is 3. The lowest BCUT2D eigenvalue weighted by Gasteiger charge is -2.20. The summed E-state index contributed by atoms with van der Waals surface area (Å²) in [7, 11) is 0. The maximum absolute atomic E-state index is 12.2. The molecule has 7 heteroatoms. The third-order valence-corrected chi connectivity index (χ3v) is 7.61. The normalized spacial score (nSPS) is 11.4. The number of thiophene rings is 1. The molecule has 1 amide bonds. The zero-order valence-corrected chi connectivity index (χ0v) is 23.1. The fourth-order valence-electron chi connectivity index (χ4n) is 4.08. The molecule has 0 spiro atoms. The van der Waals surface area contributed by atoms with E-state index in [0.29, 0.717) is 22.9 Å². The van der Waals surface area contributed by atoms with Crippen molar-refractivity contribution in [3.63, 3.8) is 0 Å². The van der Waals surface area contributed by atoms with Gasteiger partial charge in [0.1, 0.15) is 5.75 Å². The molecule has 0 fully saturated rings. The van der Waals surface area contributed by atoms with Crippen LogP contribution in [-0.2, 0) is 16.6 Å². The first-order chi connectivity index (χ1) is 17.0. The van der Waals surface area contributed by atoms with Crippen LogP contribution in [0.15, 0.2) is 42.5 Å². The Hall–Kier alpha value is -2.83. The number of nitrogens with one attached hydrogen (secondary N) is 1. The third kappa shape index (κ3) is 7.34. The van der Waals surface area contributed by atoms with Crippen LogP contribution >= 0.6 is 22.9 Å². The van der Waals surface area contributed by atoms with Gasteiger partial charge in [-0.15, -0.1) is 11.3 Å². The summed E-state index contributed by atoms with van der Waals surface area (Å²) in [5.74, 6) is -0.407. The average molecular weight is 528 g/mol. The number of hydrogen-bond donors (Lipinski definition) is 2. The number of aliphatic carboxylic acids is 1. The predicted octanol–water partition coefficient (Wildman–Crippen LogP) is 7.20. The van der Waals surface area contributed by atoms with E-state index in [4.69, 9.17) is 21.4 Å². The zero-order chi connectivity index (χ0) is 26.5. The number of halogens is 1. The number of carbonyl (C=O) groups is 2. The largest absolute Gasteiger partial charge is 0.494 e. The van der Waals surface area contributed by atoms with Gasteiger partial charge in [0.25, 0.3) is 5.91 Å². The van der Waals surface area contributed by atoms with E-state index < -0.39 is 5.97 Å². The maximum atomic E-state index is 12.2. The van der Waals surface area contributed by atoms with Crippen LogP contribution in [0.5, 0.6) is 5.75 Å². The number of hydrogen-bond acceptors (Lipinski definition) is 4. The summed E-state index contributed by atoms with van der Waals surface area (Å²) < 4.78 is 6.04. The first-order valence-corrected chi connectivity index (χ1v) is 13.3. The molecule has 5 nitrogen and oxygen atoms in total. The molecule has 36 heavy (non-hydrogen) atoms. The Morgan fingerprint density at radius 2 is 1.69 bits per heavy atom. The molecule has 0 unspecified atom stereocenters. The van der Waals surface area contributed by atoms with Crippen LogP contribution in [0.2, 0.25) is 5.02 Å². The molecular formula is C29H34ClNO4S. The van der Waals surface area contributed by atoms with Crippen LogP contribution in [0.25, 0.3) is 11.1 Å². The predicted molar refractivity (Wildman–Crippen MR) is 148 cm³/mol. The summed E-state index contributed by atoms with van der Waals surface area (Å²) in [5, 5.41) is 11.9. The number of carboxylic acids is 1. The van der Waals surface area contributed by atoms with E-state index >= 15 is 0 Å². The van der Waals surface area contributed by atoms with Crippen LogP contribution < -0.4 is 10.1 Å². The van der Waals surface area contributed by atoms with E-state index in [1.165, 1.54) is 39.2 Å². The number of amides is 1. The number of carbonyl (C=O) groups excluding carboxylic acids is 1. The van der Waals surface area contributed by atoms with Gasteiger partial charge in [0.05, 0.1) is 22.9 Å². The molecule has 0 radical (unpaired) electrons. The minimum Gasteiger partial charge on any atom is -0.494 e. The van der Waals surface area contributed by atoms with E-state index in [1.54, 1.807) is 6.07 Å². The quantitative estimate of drug-likeness (QED) is 0.273. The highest BCUT2D eigenvalue weighted by Crippen LogP contribution is 2.33. The van der Waals surface area contributed by atoms with Gasteiger partial charge < -0.3 is 15.2 Å². The highest BCUT2D eigenvalue weighted by molar-refractivity contribution is 7.14. The highest BCUT2D eigenvalue weighted by Gasteiger charge is 2.16. The third-order valence-electron chi connectivity index (χ3n) is 5.97. The van der Waals surface area contributed by atoms with E-state index in [1.807, 2.05) is 0 Å². The number of carboxylic acid groups (broad SMARTS) is 1.